The fraction of sp³-hybridized carbons (Fsp3) is 0.484. The van der Waals surface area contributed by atoms with Crippen molar-refractivity contribution in [2.75, 3.05) is 16.3 Å². The number of hydrogen-bond donors (Lipinski definition) is 0. The highest BCUT2D eigenvalue weighted by atomic mass is 16.5. The number of carbonyl (C=O) groups excluding carboxylic acids is 4. The first-order valence-electron chi connectivity index (χ1n) is 13.8. The van der Waals surface area contributed by atoms with Gasteiger partial charge in [-0.3, -0.25) is 19.2 Å². The predicted molar refractivity (Wildman–Crippen MR) is 145 cm³/mol. The van der Waals surface area contributed by atoms with Crippen LogP contribution in [-0.4, -0.2) is 30.2 Å². The van der Waals surface area contributed by atoms with E-state index < -0.39 is 11.9 Å². The van der Waals surface area contributed by atoms with Gasteiger partial charge in [0.05, 0.1) is 23.4 Å². The number of esters is 1. The van der Waals surface area contributed by atoms with Gasteiger partial charge in [0.2, 0.25) is 17.7 Å². The normalized spacial score (nSPS) is 25.2. The zero-order valence-electron chi connectivity index (χ0n) is 22.7. The number of anilines is 2. The molecule has 0 radical (unpaired) electrons. The van der Waals surface area contributed by atoms with Gasteiger partial charge < -0.3 is 9.64 Å². The Hall–Kier alpha value is -3.48. The molecule has 3 aliphatic rings. The molecule has 2 aromatic carbocycles. The van der Waals surface area contributed by atoms with E-state index >= 15 is 0 Å². The summed E-state index contributed by atoms with van der Waals surface area (Å²) in [5.41, 5.74) is 4.36. The van der Waals surface area contributed by atoms with E-state index in [0.29, 0.717) is 22.9 Å². The van der Waals surface area contributed by atoms with Gasteiger partial charge in [-0.05, 0) is 79.8 Å². The van der Waals surface area contributed by atoms with E-state index in [-0.39, 0.29) is 42.5 Å². The molecule has 2 heterocycles. The van der Waals surface area contributed by atoms with Crippen molar-refractivity contribution in [2.45, 2.75) is 66.2 Å². The first kappa shape index (κ1) is 26.1. The Labute approximate surface area is 224 Å². The number of benzene rings is 2. The SMILES string of the molecule is CCc1cccc(CC)c1N1C[C@H](C(=O)Oc2ccc(N3C(=O)[C@H]4C[C@@H](C)CC[C@H]4C3=O)c(C)c2)CC1=O. The number of aryl methyl sites for hydroxylation is 3. The fourth-order valence-corrected chi connectivity index (χ4v) is 6.41. The molecule has 2 saturated heterocycles. The van der Waals surface area contributed by atoms with E-state index in [1.807, 2.05) is 25.1 Å². The van der Waals surface area contributed by atoms with Crippen LogP contribution in [0.4, 0.5) is 11.4 Å². The molecule has 4 atom stereocenters. The van der Waals surface area contributed by atoms with Gasteiger partial charge in [0.15, 0.2) is 0 Å². The summed E-state index contributed by atoms with van der Waals surface area (Å²) < 4.78 is 5.70. The van der Waals surface area contributed by atoms with Crippen molar-refractivity contribution in [3.63, 3.8) is 0 Å². The van der Waals surface area contributed by atoms with E-state index in [1.54, 1.807) is 23.1 Å². The minimum atomic E-state index is -0.566. The van der Waals surface area contributed by atoms with Crippen LogP contribution in [0.2, 0.25) is 0 Å². The monoisotopic (exact) mass is 516 g/mol. The van der Waals surface area contributed by atoms with Crippen molar-refractivity contribution in [3.8, 4) is 5.75 Å². The van der Waals surface area contributed by atoms with Crippen molar-refractivity contribution >= 4 is 35.1 Å². The maximum absolute atomic E-state index is 13.1. The van der Waals surface area contributed by atoms with Crippen LogP contribution in [-0.2, 0) is 32.0 Å². The lowest BCUT2D eigenvalue weighted by molar-refractivity contribution is -0.139. The lowest BCUT2D eigenvalue weighted by atomic mass is 9.76. The standard InChI is InChI=1S/C31H36N2O5/c1-5-20-8-7-9-21(6-2)28(20)32-17-22(16-27(32)34)31(37)38-23-11-13-26(19(4)15-23)33-29(35)24-12-10-18(3)14-25(24)30(33)36/h7-9,11,13,15,18,22,24-25H,5-6,10,12,14,16-17H2,1-4H3/t18-,22+,24+,25-/m0/s1. The first-order chi connectivity index (χ1) is 18.2. The summed E-state index contributed by atoms with van der Waals surface area (Å²) in [7, 11) is 0. The summed E-state index contributed by atoms with van der Waals surface area (Å²) in [5, 5.41) is 0. The summed E-state index contributed by atoms with van der Waals surface area (Å²) in [5.74, 6) is -1.02. The van der Waals surface area contributed by atoms with E-state index in [0.717, 1.165) is 48.9 Å². The Morgan fingerprint density at radius 2 is 1.66 bits per heavy atom. The van der Waals surface area contributed by atoms with E-state index in [2.05, 4.69) is 20.8 Å². The minimum Gasteiger partial charge on any atom is -0.426 e. The van der Waals surface area contributed by atoms with Crippen LogP contribution >= 0.6 is 0 Å². The van der Waals surface area contributed by atoms with E-state index in [1.165, 1.54) is 4.90 Å². The highest BCUT2D eigenvalue weighted by Crippen LogP contribution is 2.43. The van der Waals surface area contributed by atoms with Crippen LogP contribution in [0.25, 0.3) is 0 Å². The first-order valence-corrected chi connectivity index (χ1v) is 13.8. The number of rotatable bonds is 6. The summed E-state index contributed by atoms with van der Waals surface area (Å²) >= 11 is 0. The third-order valence-electron chi connectivity index (χ3n) is 8.51. The van der Waals surface area contributed by atoms with E-state index in [4.69, 9.17) is 4.74 Å². The Morgan fingerprint density at radius 3 is 2.32 bits per heavy atom. The minimum absolute atomic E-state index is 0.0732. The summed E-state index contributed by atoms with van der Waals surface area (Å²) in [6.07, 6.45) is 4.18. The second kappa shape index (κ2) is 10.4. The third kappa shape index (κ3) is 4.52. The highest BCUT2D eigenvalue weighted by Gasteiger charge is 2.50. The van der Waals surface area contributed by atoms with Crippen LogP contribution in [0.15, 0.2) is 36.4 Å². The van der Waals surface area contributed by atoms with Crippen molar-refractivity contribution in [2.24, 2.45) is 23.7 Å². The van der Waals surface area contributed by atoms with Crippen molar-refractivity contribution in [1.29, 1.82) is 0 Å². The van der Waals surface area contributed by atoms with Gasteiger partial charge in [0, 0.05) is 18.7 Å². The average Bonchev–Trinajstić information content (AvgIpc) is 3.40. The molecule has 0 unspecified atom stereocenters. The van der Waals surface area contributed by atoms with Crippen molar-refractivity contribution in [1.82, 2.24) is 0 Å². The molecule has 2 aliphatic heterocycles. The van der Waals surface area contributed by atoms with Crippen LogP contribution < -0.4 is 14.5 Å². The number of amides is 3. The number of para-hydroxylation sites is 1. The van der Waals surface area contributed by atoms with Gasteiger partial charge in [-0.1, -0.05) is 39.0 Å². The number of imide groups is 1. The summed E-state index contributed by atoms with van der Waals surface area (Å²) in [6, 6.07) is 11.1. The maximum Gasteiger partial charge on any atom is 0.316 e. The molecule has 3 amide bonds. The van der Waals surface area contributed by atoms with Gasteiger partial charge >= 0.3 is 5.97 Å². The molecule has 7 nitrogen and oxygen atoms in total. The zero-order valence-corrected chi connectivity index (χ0v) is 22.7. The fourth-order valence-electron chi connectivity index (χ4n) is 6.41. The Balaban J connectivity index is 1.30. The zero-order chi connectivity index (χ0) is 27.1. The largest absolute Gasteiger partial charge is 0.426 e. The molecule has 0 N–H and O–H groups in total. The molecule has 7 heteroatoms. The molecule has 2 aromatic rings. The molecule has 3 fully saturated rings. The lowest BCUT2D eigenvalue weighted by Gasteiger charge is -2.25. The van der Waals surface area contributed by atoms with Crippen LogP contribution in [0.1, 0.15) is 63.1 Å². The smallest absolute Gasteiger partial charge is 0.316 e. The topological polar surface area (TPSA) is 84.0 Å². The number of carbonyl (C=O) groups is 4. The molecule has 200 valence electrons. The molecular formula is C31H36N2O5. The van der Waals surface area contributed by atoms with Crippen LogP contribution in [0, 0.1) is 30.6 Å². The Bertz CT molecular complexity index is 1280. The summed E-state index contributed by atoms with van der Waals surface area (Å²) in [4.78, 5) is 55.4. The molecule has 1 aliphatic carbocycles. The van der Waals surface area contributed by atoms with Gasteiger partial charge in [-0.2, -0.15) is 0 Å². The van der Waals surface area contributed by atoms with Crippen LogP contribution in [0.5, 0.6) is 5.75 Å². The van der Waals surface area contributed by atoms with Gasteiger partial charge in [0.25, 0.3) is 0 Å². The molecule has 0 bridgehead atoms. The van der Waals surface area contributed by atoms with E-state index in [9.17, 15) is 19.2 Å². The molecule has 1 saturated carbocycles. The highest BCUT2D eigenvalue weighted by molar-refractivity contribution is 6.22. The molecule has 0 aromatic heterocycles. The Kier molecular flexibility index (Phi) is 7.12. The average molecular weight is 517 g/mol. The molecule has 5 rings (SSSR count). The molecule has 0 spiro atoms. The lowest BCUT2D eigenvalue weighted by Crippen LogP contribution is -2.31. The van der Waals surface area contributed by atoms with Gasteiger partial charge in [-0.25, -0.2) is 4.90 Å². The number of hydrogen-bond acceptors (Lipinski definition) is 5. The second-order valence-electron chi connectivity index (χ2n) is 11.0. The number of fused-ring (bicyclic) bond motifs is 1. The van der Waals surface area contributed by atoms with Crippen LogP contribution in [0.3, 0.4) is 0 Å². The quantitative estimate of drug-likeness (QED) is 0.306. The molecular weight excluding hydrogens is 480 g/mol. The molecule has 38 heavy (non-hydrogen) atoms. The number of ether oxygens (including phenoxy) is 1. The predicted octanol–water partition coefficient (Wildman–Crippen LogP) is 5.00. The number of nitrogens with zero attached hydrogens (tertiary/aromatic N) is 2. The third-order valence-corrected chi connectivity index (χ3v) is 8.51. The van der Waals surface area contributed by atoms with Gasteiger partial charge in [-0.15, -0.1) is 0 Å². The van der Waals surface area contributed by atoms with Crippen molar-refractivity contribution in [3.05, 3.63) is 53.1 Å². The second-order valence-corrected chi connectivity index (χ2v) is 11.0. The van der Waals surface area contributed by atoms with Gasteiger partial charge in [0.1, 0.15) is 5.75 Å². The van der Waals surface area contributed by atoms with Crippen molar-refractivity contribution < 1.29 is 23.9 Å². The Morgan fingerprint density at radius 1 is 0.974 bits per heavy atom. The maximum atomic E-state index is 13.1. The summed E-state index contributed by atoms with van der Waals surface area (Å²) in [6.45, 7) is 8.36.